The monoisotopic (exact) mass is 294 g/mol. The van der Waals surface area contributed by atoms with Crippen LogP contribution < -0.4 is 5.73 Å². The van der Waals surface area contributed by atoms with Crippen LogP contribution in [0.1, 0.15) is 36.4 Å². The third kappa shape index (κ3) is 4.19. The Labute approximate surface area is 134 Å². The molecule has 1 aliphatic heterocycles. The van der Waals surface area contributed by atoms with Gasteiger partial charge >= 0.3 is 0 Å². The maximum absolute atomic E-state index is 6.37. The van der Waals surface area contributed by atoms with Gasteiger partial charge in [0.2, 0.25) is 0 Å². The van der Waals surface area contributed by atoms with E-state index in [1.165, 1.54) is 37.1 Å². The minimum atomic E-state index is 0.187. The topological polar surface area (TPSA) is 29.3 Å². The highest BCUT2D eigenvalue weighted by Gasteiger charge is 2.21. The van der Waals surface area contributed by atoms with Crippen molar-refractivity contribution in [1.29, 1.82) is 0 Å². The van der Waals surface area contributed by atoms with E-state index in [1.807, 2.05) is 0 Å². The zero-order valence-electron chi connectivity index (χ0n) is 13.2. The fraction of sp³-hybridized carbons (Fsp3) is 0.400. The lowest BCUT2D eigenvalue weighted by atomic mass is 9.88. The average Bonchev–Trinajstić information content (AvgIpc) is 2.58. The summed E-state index contributed by atoms with van der Waals surface area (Å²) in [5.41, 5.74) is 9.06. The predicted octanol–water partition coefficient (Wildman–Crippen LogP) is 3.99. The Morgan fingerprint density at radius 1 is 0.909 bits per heavy atom. The highest BCUT2D eigenvalue weighted by molar-refractivity contribution is 5.18. The Balaban J connectivity index is 1.46. The van der Waals surface area contributed by atoms with Crippen LogP contribution >= 0.6 is 0 Å². The van der Waals surface area contributed by atoms with E-state index in [-0.39, 0.29) is 6.04 Å². The fourth-order valence-electron chi connectivity index (χ4n) is 3.42. The first-order valence-electron chi connectivity index (χ1n) is 8.38. The molecule has 1 heterocycles. The molecule has 1 unspecified atom stereocenters. The van der Waals surface area contributed by atoms with E-state index in [0.29, 0.717) is 0 Å². The summed E-state index contributed by atoms with van der Waals surface area (Å²) in [4.78, 5) is 2.57. The van der Waals surface area contributed by atoms with Gasteiger partial charge < -0.3 is 5.73 Å². The van der Waals surface area contributed by atoms with Crippen molar-refractivity contribution in [1.82, 2.24) is 4.90 Å². The molecule has 0 amide bonds. The third-order valence-electron chi connectivity index (χ3n) is 4.77. The van der Waals surface area contributed by atoms with Crippen LogP contribution in [0.25, 0.3) is 0 Å². The fourth-order valence-corrected chi connectivity index (χ4v) is 3.42. The molecule has 2 heteroatoms. The Bertz CT molecular complexity index is 544. The molecule has 1 aliphatic rings. The highest BCUT2D eigenvalue weighted by atomic mass is 15.1. The minimum absolute atomic E-state index is 0.187. The Kier molecular flexibility index (Phi) is 5.25. The standard InChI is InChI=1S/C20H26N2/c21-20(19-9-5-2-6-10-19)15-17-11-13-22(14-12-17)16-18-7-3-1-4-8-18/h1-10,17,20H,11-16,21H2. The SMILES string of the molecule is NC(CC1CCN(Cc2ccccc2)CC1)c1ccccc1. The molecule has 2 aromatic carbocycles. The van der Waals surface area contributed by atoms with Crippen molar-refractivity contribution in [2.75, 3.05) is 13.1 Å². The highest BCUT2D eigenvalue weighted by Crippen LogP contribution is 2.27. The quantitative estimate of drug-likeness (QED) is 0.903. The molecule has 0 bridgehead atoms. The molecule has 0 saturated carbocycles. The molecular weight excluding hydrogens is 268 g/mol. The average molecular weight is 294 g/mol. The van der Waals surface area contributed by atoms with Gasteiger partial charge in [-0.1, -0.05) is 60.7 Å². The van der Waals surface area contributed by atoms with Crippen molar-refractivity contribution in [3.63, 3.8) is 0 Å². The molecule has 0 radical (unpaired) electrons. The number of benzene rings is 2. The first-order chi connectivity index (χ1) is 10.8. The van der Waals surface area contributed by atoms with Gasteiger partial charge in [0.25, 0.3) is 0 Å². The molecule has 1 fully saturated rings. The van der Waals surface area contributed by atoms with E-state index in [9.17, 15) is 0 Å². The molecule has 2 aromatic rings. The second-order valence-corrected chi connectivity index (χ2v) is 6.46. The van der Waals surface area contributed by atoms with Gasteiger partial charge in [-0.25, -0.2) is 0 Å². The Morgan fingerprint density at radius 3 is 2.14 bits per heavy atom. The van der Waals surface area contributed by atoms with Gasteiger partial charge in [0, 0.05) is 12.6 Å². The van der Waals surface area contributed by atoms with Crippen LogP contribution in [-0.4, -0.2) is 18.0 Å². The van der Waals surface area contributed by atoms with Gasteiger partial charge in [-0.2, -0.15) is 0 Å². The molecule has 0 spiro atoms. The van der Waals surface area contributed by atoms with Crippen LogP contribution in [0.15, 0.2) is 60.7 Å². The maximum atomic E-state index is 6.37. The van der Waals surface area contributed by atoms with Crippen molar-refractivity contribution in [2.45, 2.75) is 31.8 Å². The lowest BCUT2D eigenvalue weighted by Crippen LogP contribution is -2.34. The summed E-state index contributed by atoms with van der Waals surface area (Å²) in [6.45, 7) is 3.47. The van der Waals surface area contributed by atoms with E-state index in [2.05, 4.69) is 65.6 Å². The first kappa shape index (κ1) is 15.3. The molecule has 1 saturated heterocycles. The van der Waals surface area contributed by atoms with E-state index in [4.69, 9.17) is 5.73 Å². The molecular formula is C20H26N2. The summed E-state index contributed by atoms with van der Waals surface area (Å²) in [6, 6.07) is 21.5. The predicted molar refractivity (Wildman–Crippen MR) is 92.4 cm³/mol. The number of nitrogens with two attached hydrogens (primary N) is 1. The van der Waals surface area contributed by atoms with Gasteiger partial charge in [0.1, 0.15) is 0 Å². The van der Waals surface area contributed by atoms with Crippen molar-refractivity contribution < 1.29 is 0 Å². The van der Waals surface area contributed by atoms with Crippen LogP contribution in [-0.2, 0) is 6.54 Å². The van der Waals surface area contributed by atoms with Crippen molar-refractivity contribution in [3.05, 3.63) is 71.8 Å². The van der Waals surface area contributed by atoms with Crippen LogP contribution in [0, 0.1) is 5.92 Å². The van der Waals surface area contributed by atoms with Crippen LogP contribution in [0.5, 0.6) is 0 Å². The van der Waals surface area contributed by atoms with E-state index in [1.54, 1.807) is 0 Å². The number of nitrogens with zero attached hydrogens (tertiary/aromatic N) is 1. The van der Waals surface area contributed by atoms with Crippen LogP contribution in [0.2, 0.25) is 0 Å². The summed E-state index contributed by atoms with van der Waals surface area (Å²) in [7, 11) is 0. The molecule has 1 atom stereocenters. The molecule has 0 aromatic heterocycles. The van der Waals surface area contributed by atoms with Gasteiger partial charge in [-0.05, 0) is 49.4 Å². The lowest BCUT2D eigenvalue weighted by molar-refractivity contribution is 0.168. The normalized spacial score (nSPS) is 18.2. The number of hydrogen-bond acceptors (Lipinski definition) is 2. The largest absolute Gasteiger partial charge is 0.324 e. The molecule has 22 heavy (non-hydrogen) atoms. The van der Waals surface area contributed by atoms with Gasteiger partial charge in [-0.15, -0.1) is 0 Å². The second-order valence-electron chi connectivity index (χ2n) is 6.46. The zero-order chi connectivity index (χ0) is 15.2. The smallest absolute Gasteiger partial charge is 0.0297 e. The lowest BCUT2D eigenvalue weighted by Gasteiger charge is -2.33. The van der Waals surface area contributed by atoms with Crippen molar-refractivity contribution in [3.8, 4) is 0 Å². The van der Waals surface area contributed by atoms with Crippen molar-refractivity contribution >= 4 is 0 Å². The maximum Gasteiger partial charge on any atom is 0.0297 e. The number of piperidine rings is 1. The Hall–Kier alpha value is -1.64. The summed E-state index contributed by atoms with van der Waals surface area (Å²) in [5.74, 6) is 0.766. The Morgan fingerprint density at radius 2 is 1.50 bits per heavy atom. The van der Waals surface area contributed by atoms with Crippen LogP contribution in [0.4, 0.5) is 0 Å². The van der Waals surface area contributed by atoms with E-state index in [0.717, 1.165) is 18.9 Å². The van der Waals surface area contributed by atoms with Gasteiger partial charge in [-0.3, -0.25) is 4.90 Å². The molecule has 2 N–H and O–H groups in total. The molecule has 0 aliphatic carbocycles. The summed E-state index contributed by atoms with van der Waals surface area (Å²) < 4.78 is 0. The third-order valence-corrected chi connectivity index (χ3v) is 4.77. The molecule has 116 valence electrons. The van der Waals surface area contributed by atoms with Gasteiger partial charge in [0.05, 0.1) is 0 Å². The van der Waals surface area contributed by atoms with Crippen molar-refractivity contribution in [2.24, 2.45) is 11.7 Å². The molecule has 2 nitrogen and oxygen atoms in total. The van der Waals surface area contributed by atoms with Gasteiger partial charge in [0.15, 0.2) is 0 Å². The first-order valence-corrected chi connectivity index (χ1v) is 8.38. The number of rotatable bonds is 5. The summed E-state index contributed by atoms with van der Waals surface area (Å²) in [5, 5.41) is 0. The van der Waals surface area contributed by atoms with E-state index >= 15 is 0 Å². The number of hydrogen-bond donors (Lipinski definition) is 1. The summed E-state index contributed by atoms with van der Waals surface area (Å²) in [6.07, 6.45) is 3.66. The number of likely N-dealkylation sites (tertiary alicyclic amines) is 1. The van der Waals surface area contributed by atoms with Crippen LogP contribution in [0.3, 0.4) is 0 Å². The minimum Gasteiger partial charge on any atom is -0.324 e. The second kappa shape index (κ2) is 7.57. The van der Waals surface area contributed by atoms with E-state index < -0.39 is 0 Å². The summed E-state index contributed by atoms with van der Waals surface area (Å²) >= 11 is 0. The molecule has 3 rings (SSSR count). The zero-order valence-corrected chi connectivity index (χ0v) is 13.2.